The van der Waals surface area contributed by atoms with Gasteiger partial charge < -0.3 is 25.2 Å². The summed E-state index contributed by atoms with van der Waals surface area (Å²) in [4.78, 5) is 24.3. The van der Waals surface area contributed by atoms with Crippen LogP contribution in [-0.2, 0) is 15.2 Å². The highest BCUT2D eigenvalue weighted by atomic mass is 16.7. The predicted molar refractivity (Wildman–Crippen MR) is 99.7 cm³/mol. The Balaban J connectivity index is 1.63. The van der Waals surface area contributed by atoms with Crippen molar-refractivity contribution in [3.8, 4) is 11.5 Å². The lowest BCUT2D eigenvalue weighted by molar-refractivity contribution is -0.136. The molecule has 0 spiro atoms. The number of para-hydroxylation sites is 1. The molecule has 1 aliphatic rings. The molecule has 0 saturated carbocycles. The molecule has 7 heteroatoms. The maximum atomic E-state index is 12.2. The van der Waals surface area contributed by atoms with Crippen LogP contribution >= 0.6 is 0 Å². The highest BCUT2D eigenvalue weighted by molar-refractivity contribution is 6.39. The Morgan fingerprint density at radius 2 is 1.74 bits per heavy atom. The van der Waals surface area contributed by atoms with Crippen molar-refractivity contribution in [3.63, 3.8) is 0 Å². The van der Waals surface area contributed by atoms with Gasteiger partial charge in [-0.1, -0.05) is 24.3 Å². The Bertz CT molecular complexity index is 872. The molecule has 0 aromatic heterocycles. The quantitative estimate of drug-likeness (QED) is 0.715. The van der Waals surface area contributed by atoms with Gasteiger partial charge in [-0.15, -0.1) is 0 Å². The van der Waals surface area contributed by atoms with Gasteiger partial charge in [0.25, 0.3) is 0 Å². The van der Waals surface area contributed by atoms with Gasteiger partial charge >= 0.3 is 11.8 Å². The Kier molecular flexibility index (Phi) is 5.05. The lowest BCUT2D eigenvalue weighted by Crippen LogP contribution is -2.43. The normalized spacial score (nSPS) is 14.4. The first-order valence-corrected chi connectivity index (χ1v) is 8.56. The second-order valence-electron chi connectivity index (χ2n) is 6.75. The van der Waals surface area contributed by atoms with Crippen LogP contribution in [0.4, 0.5) is 5.69 Å². The SMILES string of the molecule is Cc1cccc(C)c1NC(=O)C(=O)NCC(C)(O)c1ccc2c(c1)OCO2. The molecular weight excluding hydrogens is 348 g/mol. The van der Waals surface area contributed by atoms with E-state index in [-0.39, 0.29) is 13.3 Å². The van der Waals surface area contributed by atoms with E-state index in [1.54, 1.807) is 25.1 Å². The summed E-state index contributed by atoms with van der Waals surface area (Å²) >= 11 is 0. The summed E-state index contributed by atoms with van der Waals surface area (Å²) in [6.45, 7) is 5.26. The van der Waals surface area contributed by atoms with Gasteiger partial charge in [0, 0.05) is 5.69 Å². The fourth-order valence-electron chi connectivity index (χ4n) is 2.85. The Hall–Kier alpha value is -3.06. The molecule has 0 saturated heterocycles. The van der Waals surface area contributed by atoms with Crippen LogP contribution in [0.2, 0.25) is 0 Å². The molecule has 27 heavy (non-hydrogen) atoms. The van der Waals surface area contributed by atoms with Gasteiger partial charge in [0.1, 0.15) is 5.60 Å². The molecule has 1 unspecified atom stereocenters. The number of amides is 2. The Morgan fingerprint density at radius 3 is 2.44 bits per heavy atom. The monoisotopic (exact) mass is 370 g/mol. The number of aryl methyl sites for hydroxylation is 2. The number of ether oxygens (including phenoxy) is 2. The van der Waals surface area contributed by atoms with Crippen molar-refractivity contribution >= 4 is 17.5 Å². The highest BCUT2D eigenvalue weighted by Crippen LogP contribution is 2.35. The van der Waals surface area contributed by atoms with Crippen LogP contribution < -0.4 is 20.1 Å². The van der Waals surface area contributed by atoms with E-state index < -0.39 is 17.4 Å². The van der Waals surface area contributed by atoms with Crippen molar-refractivity contribution in [2.24, 2.45) is 0 Å². The van der Waals surface area contributed by atoms with E-state index in [0.717, 1.165) is 11.1 Å². The van der Waals surface area contributed by atoms with Crippen molar-refractivity contribution in [1.29, 1.82) is 0 Å². The third kappa shape index (κ3) is 4.03. The smallest absolute Gasteiger partial charge is 0.313 e. The van der Waals surface area contributed by atoms with E-state index in [9.17, 15) is 14.7 Å². The minimum atomic E-state index is -1.38. The zero-order valence-corrected chi connectivity index (χ0v) is 15.5. The average Bonchev–Trinajstić information content (AvgIpc) is 3.10. The summed E-state index contributed by atoms with van der Waals surface area (Å²) in [5.74, 6) is -0.467. The van der Waals surface area contributed by atoms with Gasteiger partial charge in [-0.05, 0) is 49.6 Å². The molecule has 0 radical (unpaired) electrons. The second kappa shape index (κ2) is 7.28. The first kappa shape index (κ1) is 18.7. The maximum Gasteiger partial charge on any atom is 0.313 e. The molecule has 1 aliphatic heterocycles. The first-order valence-electron chi connectivity index (χ1n) is 8.56. The number of carbonyl (C=O) groups excluding carboxylic acids is 2. The second-order valence-corrected chi connectivity index (χ2v) is 6.75. The highest BCUT2D eigenvalue weighted by Gasteiger charge is 2.28. The largest absolute Gasteiger partial charge is 0.454 e. The van der Waals surface area contributed by atoms with Crippen molar-refractivity contribution < 1.29 is 24.2 Å². The van der Waals surface area contributed by atoms with Crippen LogP contribution in [0.5, 0.6) is 11.5 Å². The molecular formula is C20H22N2O5. The number of aliphatic hydroxyl groups is 1. The van der Waals surface area contributed by atoms with E-state index in [1.165, 1.54) is 0 Å². The molecule has 2 aromatic rings. The summed E-state index contributed by atoms with van der Waals surface area (Å²) in [5.41, 5.74) is 1.50. The number of rotatable bonds is 4. The van der Waals surface area contributed by atoms with E-state index in [0.29, 0.717) is 22.7 Å². The van der Waals surface area contributed by atoms with E-state index in [4.69, 9.17) is 9.47 Å². The Labute approximate surface area is 157 Å². The summed E-state index contributed by atoms with van der Waals surface area (Å²) < 4.78 is 10.5. The van der Waals surface area contributed by atoms with E-state index in [2.05, 4.69) is 10.6 Å². The van der Waals surface area contributed by atoms with Crippen molar-refractivity contribution in [1.82, 2.24) is 5.32 Å². The van der Waals surface area contributed by atoms with Crippen LogP contribution in [0.3, 0.4) is 0 Å². The summed E-state index contributed by atoms with van der Waals surface area (Å²) in [6, 6.07) is 10.6. The molecule has 1 atom stereocenters. The average molecular weight is 370 g/mol. The summed E-state index contributed by atoms with van der Waals surface area (Å²) in [7, 11) is 0. The molecule has 0 fully saturated rings. The standard InChI is InChI=1S/C20H22N2O5/c1-12-5-4-6-13(2)17(12)22-19(24)18(23)21-10-20(3,25)14-7-8-15-16(9-14)27-11-26-15/h4-9,25H,10-11H2,1-3H3,(H,21,23)(H,22,24). The van der Waals surface area contributed by atoms with Crippen molar-refractivity contribution in [2.45, 2.75) is 26.4 Å². The zero-order chi connectivity index (χ0) is 19.6. The molecule has 0 bridgehead atoms. The first-order chi connectivity index (χ1) is 12.8. The van der Waals surface area contributed by atoms with Gasteiger partial charge in [-0.2, -0.15) is 0 Å². The predicted octanol–water partition coefficient (Wildman–Crippen LogP) is 1.99. The fourth-order valence-corrected chi connectivity index (χ4v) is 2.85. The lowest BCUT2D eigenvalue weighted by Gasteiger charge is -2.24. The van der Waals surface area contributed by atoms with Crippen LogP contribution in [0, 0.1) is 13.8 Å². The van der Waals surface area contributed by atoms with E-state index in [1.807, 2.05) is 32.0 Å². The molecule has 3 rings (SSSR count). The fraction of sp³-hybridized carbons (Fsp3) is 0.300. The van der Waals surface area contributed by atoms with Gasteiger partial charge in [-0.25, -0.2) is 0 Å². The lowest BCUT2D eigenvalue weighted by atomic mass is 9.95. The minimum absolute atomic E-state index is 0.133. The summed E-state index contributed by atoms with van der Waals surface area (Å²) in [5, 5.41) is 15.8. The number of benzene rings is 2. The third-order valence-electron chi connectivity index (χ3n) is 4.51. The number of hydrogen-bond donors (Lipinski definition) is 3. The number of carbonyl (C=O) groups is 2. The number of anilines is 1. The summed E-state index contributed by atoms with van der Waals surface area (Å²) in [6.07, 6.45) is 0. The molecule has 2 amide bonds. The topological polar surface area (TPSA) is 96.9 Å². The number of nitrogens with one attached hydrogen (secondary N) is 2. The number of fused-ring (bicyclic) bond motifs is 1. The van der Waals surface area contributed by atoms with Gasteiger partial charge in [-0.3, -0.25) is 9.59 Å². The van der Waals surface area contributed by atoms with Crippen molar-refractivity contribution in [3.05, 3.63) is 53.1 Å². The maximum absolute atomic E-state index is 12.2. The molecule has 7 nitrogen and oxygen atoms in total. The van der Waals surface area contributed by atoms with Gasteiger partial charge in [0.2, 0.25) is 6.79 Å². The van der Waals surface area contributed by atoms with Crippen LogP contribution in [0.25, 0.3) is 0 Å². The molecule has 1 heterocycles. The zero-order valence-electron chi connectivity index (χ0n) is 15.5. The Morgan fingerprint density at radius 1 is 1.07 bits per heavy atom. The third-order valence-corrected chi connectivity index (χ3v) is 4.51. The van der Waals surface area contributed by atoms with Crippen LogP contribution in [-0.4, -0.2) is 30.3 Å². The van der Waals surface area contributed by atoms with Gasteiger partial charge in [0.15, 0.2) is 11.5 Å². The van der Waals surface area contributed by atoms with Gasteiger partial charge in [0.05, 0.1) is 6.54 Å². The molecule has 0 aliphatic carbocycles. The number of hydrogen-bond acceptors (Lipinski definition) is 5. The molecule has 142 valence electrons. The van der Waals surface area contributed by atoms with E-state index >= 15 is 0 Å². The van der Waals surface area contributed by atoms with Crippen LogP contribution in [0.1, 0.15) is 23.6 Å². The minimum Gasteiger partial charge on any atom is -0.454 e. The molecule has 3 N–H and O–H groups in total. The van der Waals surface area contributed by atoms with Crippen molar-refractivity contribution in [2.75, 3.05) is 18.7 Å². The van der Waals surface area contributed by atoms with Crippen LogP contribution in [0.15, 0.2) is 36.4 Å². The molecule has 2 aromatic carbocycles.